The van der Waals surface area contributed by atoms with Crippen LogP contribution in [0.1, 0.15) is 175 Å². The Morgan fingerprint density at radius 3 is 1.04 bits per heavy atom. The van der Waals surface area contributed by atoms with Crippen LogP contribution in [-0.2, 0) is 0 Å². The first-order valence-corrected chi connectivity index (χ1v) is 19.8. The molecule has 0 aliphatic rings. The minimum Gasteiger partial charge on any atom is -0.494 e. The molecule has 0 saturated carbocycles. The maximum atomic E-state index is 11.0. The molecule has 5 heteroatoms. The summed E-state index contributed by atoms with van der Waals surface area (Å²) in [5.41, 5.74) is 1.64. The molecule has 0 aliphatic heterocycles. The highest BCUT2D eigenvalue weighted by Gasteiger charge is 2.18. The van der Waals surface area contributed by atoms with Crippen LogP contribution in [0.4, 0.5) is 0 Å². The highest BCUT2D eigenvalue weighted by molar-refractivity contribution is 7.12. The van der Waals surface area contributed by atoms with Gasteiger partial charge in [0.2, 0.25) is 0 Å². The summed E-state index contributed by atoms with van der Waals surface area (Å²) in [6.45, 7) is 6.00. The van der Waals surface area contributed by atoms with Gasteiger partial charge in [-0.1, -0.05) is 154 Å². The molecule has 0 aliphatic carbocycles. The van der Waals surface area contributed by atoms with E-state index in [0.717, 1.165) is 58.4 Å². The van der Waals surface area contributed by atoms with Gasteiger partial charge >= 0.3 is 0 Å². The lowest BCUT2D eigenvalue weighted by Crippen LogP contribution is -2.00. The lowest BCUT2D eigenvalue weighted by Gasteiger charge is -2.12. The van der Waals surface area contributed by atoms with Gasteiger partial charge in [0.15, 0.2) is 0 Å². The van der Waals surface area contributed by atoms with Crippen molar-refractivity contribution in [2.24, 2.45) is 0 Å². The van der Waals surface area contributed by atoms with Crippen molar-refractivity contribution in [1.29, 1.82) is 0 Å². The molecule has 0 radical (unpaired) electrons. The smallest absolute Gasteiger partial charge is 0.119 e. The normalized spacial score (nSPS) is 12.7. The van der Waals surface area contributed by atoms with Gasteiger partial charge in [-0.25, -0.2) is 0 Å². The Morgan fingerprint density at radius 2 is 0.723 bits per heavy atom. The first-order chi connectivity index (χ1) is 23.1. The Morgan fingerprint density at radius 1 is 0.426 bits per heavy atom. The molecule has 47 heavy (non-hydrogen) atoms. The molecule has 1 heterocycles. The summed E-state index contributed by atoms with van der Waals surface area (Å²) in [5.74, 6) is 1.69. The summed E-state index contributed by atoms with van der Waals surface area (Å²) >= 11 is 1.44. The van der Waals surface area contributed by atoms with E-state index in [1.165, 1.54) is 127 Å². The van der Waals surface area contributed by atoms with Gasteiger partial charge in [0.1, 0.15) is 23.7 Å². The molecule has 2 unspecified atom stereocenters. The van der Waals surface area contributed by atoms with Gasteiger partial charge in [-0.05, 0) is 60.4 Å². The minimum absolute atomic E-state index is 0.733. The number of hydrogen-bond donors (Lipinski definition) is 2. The molecular weight excluding hydrogens is 601 g/mol. The fourth-order valence-corrected chi connectivity index (χ4v) is 7.08. The Bertz CT molecular complexity index is 1070. The summed E-state index contributed by atoms with van der Waals surface area (Å²) in [7, 11) is 0. The standard InChI is InChI=1S/C42H64O4S/c1-3-5-7-9-11-13-15-17-19-21-33-45-37-27-23-35(24-28-37)41(43)39-31-32-40(47-39)42(44)36-25-29-38(30-26-36)46-34-22-20-18-16-14-12-10-8-6-4-2/h23-32,41-44H,3-22,33-34H2,1-2H3. The number of thiophene rings is 1. The van der Waals surface area contributed by atoms with Crippen molar-refractivity contribution in [2.75, 3.05) is 13.2 Å². The highest BCUT2D eigenvalue weighted by atomic mass is 32.1. The van der Waals surface area contributed by atoms with Gasteiger partial charge in [0.05, 0.1) is 13.2 Å². The topological polar surface area (TPSA) is 58.9 Å². The predicted octanol–water partition coefficient (Wildman–Crippen LogP) is 12.5. The van der Waals surface area contributed by atoms with Gasteiger partial charge in [0, 0.05) is 9.75 Å². The fourth-order valence-electron chi connectivity index (χ4n) is 6.04. The van der Waals surface area contributed by atoms with E-state index in [9.17, 15) is 10.2 Å². The molecule has 2 aromatic carbocycles. The van der Waals surface area contributed by atoms with Crippen molar-refractivity contribution in [3.05, 3.63) is 81.5 Å². The Kier molecular flexibility index (Phi) is 20.6. The van der Waals surface area contributed by atoms with Crippen LogP contribution >= 0.6 is 11.3 Å². The van der Waals surface area contributed by atoms with E-state index in [4.69, 9.17) is 9.47 Å². The number of ether oxygens (including phenoxy) is 2. The predicted molar refractivity (Wildman–Crippen MR) is 200 cm³/mol. The van der Waals surface area contributed by atoms with Gasteiger partial charge in [0.25, 0.3) is 0 Å². The second-order valence-electron chi connectivity index (χ2n) is 13.2. The summed E-state index contributed by atoms with van der Waals surface area (Å²) < 4.78 is 11.9. The van der Waals surface area contributed by atoms with Crippen LogP contribution in [0.2, 0.25) is 0 Å². The molecule has 2 atom stereocenters. The summed E-state index contributed by atoms with van der Waals surface area (Å²) in [6, 6.07) is 19.3. The van der Waals surface area contributed by atoms with E-state index in [0.29, 0.717) is 0 Å². The average molecular weight is 665 g/mol. The monoisotopic (exact) mass is 664 g/mol. The quantitative estimate of drug-likeness (QED) is 0.0758. The lowest BCUT2D eigenvalue weighted by atomic mass is 10.1. The molecule has 3 aromatic rings. The maximum Gasteiger partial charge on any atom is 0.119 e. The molecule has 1 aromatic heterocycles. The Hall–Kier alpha value is -2.34. The van der Waals surface area contributed by atoms with Gasteiger partial charge in [-0.3, -0.25) is 0 Å². The molecule has 0 spiro atoms. The van der Waals surface area contributed by atoms with E-state index in [2.05, 4.69) is 13.8 Å². The van der Waals surface area contributed by atoms with Crippen molar-refractivity contribution in [1.82, 2.24) is 0 Å². The zero-order valence-electron chi connectivity index (χ0n) is 29.6. The average Bonchev–Trinajstić information content (AvgIpc) is 3.60. The first-order valence-electron chi connectivity index (χ1n) is 19.0. The lowest BCUT2D eigenvalue weighted by molar-refractivity contribution is 0.223. The van der Waals surface area contributed by atoms with E-state index < -0.39 is 12.2 Å². The van der Waals surface area contributed by atoms with Crippen molar-refractivity contribution in [2.45, 2.75) is 154 Å². The van der Waals surface area contributed by atoms with Gasteiger partial charge < -0.3 is 19.7 Å². The third-order valence-electron chi connectivity index (χ3n) is 9.11. The largest absolute Gasteiger partial charge is 0.494 e. The molecule has 0 bridgehead atoms. The number of rotatable bonds is 28. The van der Waals surface area contributed by atoms with Crippen LogP contribution in [0.5, 0.6) is 11.5 Å². The fraction of sp³-hybridized carbons (Fsp3) is 0.619. The molecule has 2 N–H and O–H groups in total. The minimum atomic E-state index is -0.737. The molecule has 4 nitrogen and oxygen atoms in total. The van der Waals surface area contributed by atoms with Crippen LogP contribution in [0.3, 0.4) is 0 Å². The second kappa shape index (κ2) is 24.7. The second-order valence-corrected chi connectivity index (χ2v) is 14.4. The van der Waals surface area contributed by atoms with Crippen molar-refractivity contribution < 1.29 is 19.7 Å². The number of benzene rings is 2. The first kappa shape index (κ1) is 39.1. The summed E-state index contributed by atoms with van der Waals surface area (Å²) in [6.07, 6.45) is 24.8. The van der Waals surface area contributed by atoms with E-state index in [1.54, 1.807) is 0 Å². The SMILES string of the molecule is CCCCCCCCCCCCOc1ccc(C(O)c2ccc(C(O)c3ccc(OCCCCCCCCCCCC)cc3)s2)cc1. The van der Waals surface area contributed by atoms with Gasteiger partial charge in [-0.2, -0.15) is 0 Å². The molecule has 0 saturated heterocycles. The summed E-state index contributed by atoms with van der Waals surface area (Å²) in [4.78, 5) is 1.63. The van der Waals surface area contributed by atoms with Crippen LogP contribution in [-0.4, -0.2) is 23.4 Å². The van der Waals surface area contributed by atoms with Crippen LogP contribution in [0.15, 0.2) is 60.7 Å². The molecule has 0 amide bonds. The molecule has 3 rings (SSSR count). The Labute approximate surface area is 290 Å². The third kappa shape index (κ3) is 16.1. The van der Waals surface area contributed by atoms with Crippen LogP contribution in [0, 0.1) is 0 Å². The third-order valence-corrected chi connectivity index (χ3v) is 10.3. The summed E-state index contributed by atoms with van der Waals surface area (Å²) in [5, 5.41) is 22.1. The zero-order valence-corrected chi connectivity index (χ0v) is 30.4. The van der Waals surface area contributed by atoms with Crippen molar-refractivity contribution in [3.63, 3.8) is 0 Å². The number of aliphatic hydroxyl groups excluding tert-OH is 2. The Balaban J connectivity index is 1.31. The maximum absolute atomic E-state index is 11.0. The molecule has 0 fully saturated rings. The van der Waals surface area contributed by atoms with E-state index >= 15 is 0 Å². The zero-order chi connectivity index (χ0) is 33.4. The number of hydrogen-bond acceptors (Lipinski definition) is 5. The van der Waals surface area contributed by atoms with Crippen LogP contribution in [0.25, 0.3) is 0 Å². The van der Waals surface area contributed by atoms with Crippen molar-refractivity contribution >= 4 is 11.3 Å². The highest BCUT2D eigenvalue weighted by Crippen LogP contribution is 2.34. The van der Waals surface area contributed by atoms with Crippen LogP contribution < -0.4 is 9.47 Å². The molecular formula is C42H64O4S. The number of aliphatic hydroxyl groups is 2. The van der Waals surface area contributed by atoms with Crippen molar-refractivity contribution in [3.8, 4) is 11.5 Å². The number of unbranched alkanes of at least 4 members (excludes halogenated alkanes) is 18. The van der Waals surface area contributed by atoms with E-state index in [1.807, 2.05) is 60.7 Å². The van der Waals surface area contributed by atoms with E-state index in [-0.39, 0.29) is 0 Å². The molecule has 262 valence electrons. The van der Waals surface area contributed by atoms with Gasteiger partial charge in [-0.15, -0.1) is 11.3 Å².